The molecule has 0 saturated carbocycles. The van der Waals surface area contributed by atoms with Gasteiger partial charge in [-0.05, 0) is 11.6 Å². The molecule has 0 atom stereocenters. The minimum absolute atomic E-state index is 0.0780. The van der Waals surface area contributed by atoms with Gasteiger partial charge in [-0.3, -0.25) is 4.79 Å². The van der Waals surface area contributed by atoms with Crippen molar-refractivity contribution < 1.29 is 14.3 Å². The van der Waals surface area contributed by atoms with Crippen molar-refractivity contribution in [3.63, 3.8) is 0 Å². The van der Waals surface area contributed by atoms with Crippen molar-refractivity contribution in [1.82, 2.24) is 0 Å². The lowest BCUT2D eigenvalue weighted by Gasteiger charge is -1.98. The van der Waals surface area contributed by atoms with E-state index in [0.717, 1.165) is 11.6 Å². The standard InChI is InChI=1S/C14H14O3/c1-2-14(16)17-11-10-13(15)9-8-12-6-4-3-5-7-12/h2-9H,1,10-11H2/b9-8+. The Morgan fingerprint density at radius 3 is 2.59 bits per heavy atom. The number of rotatable bonds is 6. The summed E-state index contributed by atoms with van der Waals surface area (Å²) in [7, 11) is 0. The molecule has 1 aromatic rings. The maximum atomic E-state index is 11.4. The van der Waals surface area contributed by atoms with Crippen molar-refractivity contribution in [2.45, 2.75) is 6.42 Å². The Labute approximate surface area is 100 Å². The monoisotopic (exact) mass is 230 g/mol. The zero-order chi connectivity index (χ0) is 12.5. The molecule has 0 N–H and O–H groups in total. The van der Waals surface area contributed by atoms with Crippen LogP contribution < -0.4 is 0 Å². The third kappa shape index (κ3) is 5.47. The first-order chi connectivity index (χ1) is 8.22. The van der Waals surface area contributed by atoms with Gasteiger partial charge < -0.3 is 4.74 Å². The van der Waals surface area contributed by atoms with E-state index in [9.17, 15) is 9.59 Å². The molecule has 17 heavy (non-hydrogen) atoms. The third-order valence-corrected chi connectivity index (χ3v) is 2.02. The Morgan fingerprint density at radius 2 is 1.94 bits per heavy atom. The number of allylic oxidation sites excluding steroid dienone is 1. The summed E-state index contributed by atoms with van der Waals surface area (Å²) < 4.78 is 4.70. The molecule has 1 rings (SSSR count). The second-order valence-corrected chi connectivity index (χ2v) is 3.33. The Balaban J connectivity index is 2.32. The van der Waals surface area contributed by atoms with Crippen LogP contribution in [0.15, 0.2) is 49.1 Å². The second-order valence-electron chi connectivity index (χ2n) is 3.33. The Hall–Kier alpha value is -2.16. The summed E-state index contributed by atoms with van der Waals surface area (Å²) in [6.07, 6.45) is 4.47. The van der Waals surface area contributed by atoms with E-state index in [1.807, 2.05) is 30.3 Å². The minimum atomic E-state index is -0.509. The lowest BCUT2D eigenvalue weighted by atomic mass is 10.2. The highest BCUT2D eigenvalue weighted by Crippen LogP contribution is 2.01. The normalized spacial score (nSPS) is 10.1. The maximum absolute atomic E-state index is 11.4. The lowest BCUT2D eigenvalue weighted by molar-refractivity contribution is -0.138. The molecule has 1 aromatic carbocycles. The summed E-state index contributed by atoms with van der Waals surface area (Å²) in [6.45, 7) is 3.35. The highest BCUT2D eigenvalue weighted by atomic mass is 16.5. The average Bonchev–Trinajstić information content (AvgIpc) is 2.37. The molecule has 0 spiro atoms. The van der Waals surface area contributed by atoms with E-state index in [4.69, 9.17) is 4.74 Å². The van der Waals surface area contributed by atoms with Crippen LogP contribution >= 0.6 is 0 Å². The molecule has 3 nitrogen and oxygen atoms in total. The summed E-state index contributed by atoms with van der Waals surface area (Å²) in [5.74, 6) is -0.587. The first kappa shape index (κ1) is 12.9. The van der Waals surface area contributed by atoms with E-state index < -0.39 is 5.97 Å². The SMILES string of the molecule is C=CC(=O)OCCC(=O)/C=C/c1ccccc1. The fraction of sp³-hybridized carbons (Fsp3) is 0.143. The number of esters is 1. The maximum Gasteiger partial charge on any atom is 0.330 e. The van der Waals surface area contributed by atoms with E-state index in [2.05, 4.69) is 6.58 Å². The van der Waals surface area contributed by atoms with Crippen LogP contribution in [0.2, 0.25) is 0 Å². The van der Waals surface area contributed by atoms with Gasteiger partial charge in [0, 0.05) is 12.5 Å². The Bertz CT molecular complexity index is 418. The third-order valence-electron chi connectivity index (χ3n) is 2.02. The fourth-order valence-electron chi connectivity index (χ4n) is 1.15. The minimum Gasteiger partial charge on any atom is -0.462 e. The van der Waals surface area contributed by atoms with E-state index in [-0.39, 0.29) is 18.8 Å². The van der Waals surface area contributed by atoms with Gasteiger partial charge in [0.1, 0.15) is 0 Å². The number of carbonyl (C=O) groups excluding carboxylic acids is 2. The van der Waals surface area contributed by atoms with Crippen LogP contribution in [0.3, 0.4) is 0 Å². The number of ether oxygens (including phenoxy) is 1. The molecule has 0 unspecified atom stereocenters. The number of hydrogen-bond acceptors (Lipinski definition) is 3. The molecule has 0 bridgehead atoms. The van der Waals surface area contributed by atoms with Gasteiger partial charge in [0.05, 0.1) is 6.61 Å². The molecule has 3 heteroatoms. The molecule has 0 aliphatic carbocycles. The van der Waals surface area contributed by atoms with E-state index >= 15 is 0 Å². The molecule has 0 aliphatic heterocycles. The predicted octanol–water partition coefficient (Wildman–Crippen LogP) is 2.39. The van der Waals surface area contributed by atoms with Crippen LogP contribution in [0.4, 0.5) is 0 Å². The number of ketones is 1. The van der Waals surface area contributed by atoms with Crippen molar-refractivity contribution in [3.05, 3.63) is 54.6 Å². The molecule has 0 saturated heterocycles. The molecular weight excluding hydrogens is 216 g/mol. The van der Waals surface area contributed by atoms with Crippen molar-refractivity contribution in [2.75, 3.05) is 6.61 Å². The van der Waals surface area contributed by atoms with Gasteiger partial charge in [0.15, 0.2) is 5.78 Å². The van der Waals surface area contributed by atoms with Gasteiger partial charge in [0.25, 0.3) is 0 Å². The molecule has 0 heterocycles. The van der Waals surface area contributed by atoms with Gasteiger partial charge in [-0.1, -0.05) is 43.0 Å². The molecule has 0 amide bonds. The first-order valence-electron chi connectivity index (χ1n) is 5.27. The van der Waals surface area contributed by atoms with Crippen molar-refractivity contribution in [1.29, 1.82) is 0 Å². The van der Waals surface area contributed by atoms with Gasteiger partial charge in [-0.15, -0.1) is 0 Å². The highest BCUT2D eigenvalue weighted by molar-refractivity contribution is 5.93. The zero-order valence-corrected chi connectivity index (χ0v) is 9.46. The zero-order valence-electron chi connectivity index (χ0n) is 9.46. The van der Waals surface area contributed by atoms with Gasteiger partial charge >= 0.3 is 5.97 Å². The summed E-state index contributed by atoms with van der Waals surface area (Å²) in [4.78, 5) is 22.1. The Kier molecular flexibility index (Phi) is 5.44. The highest BCUT2D eigenvalue weighted by Gasteiger charge is 1.99. The van der Waals surface area contributed by atoms with Gasteiger partial charge in [0.2, 0.25) is 0 Å². The number of hydrogen-bond donors (Lipinski definition) is 0. The van der Waals surface area contributed by atoms with Crippen molar-refractivity contribution in [3.8, 4) is 0 Å². The van der Waals surface area contributed by atoms with Gasteiger partial charge in [-0.25, -0.2) is 4.79 Å². The van der Waals surface area contributed by atoms with E-state index in [0.29, 0.717) is 0 Å². The smallest absolute Gasteiger partial charge is 0.330 e. The second kappa shape index (κ2) is 7.17. The van der Waals surface area contributed by atoms with E-state index in [1.165, 1.54) is 6.08 Å². The lowest BCUT2D eigenvalue weighted by Crippen LogP contribution is -2.05. The van der Waals surface area contributed by atoms with Crippen LogP contribution in [-0.4, -0.2) is 18.4 Å². The van der Waals surface area contributed by atoms with Crippen LogP contribution in [0.25, 0.3) is 6.08 Å². The molecule has 0 aromatic heterocycles. The summed E-state index contributed by atoms with van der Waals surface area (Å²) in [5.41, 5.74) is 0.962. The van der Waals surface area contributed by atoms with Crippen LogP contribution in [0, 0.1) is 0 Å². The molecule has 0 aliphatic rings. The number of benzene rings is 1. The fourth-order valence-corrected chi connectivity index (χ4v) is 1.15. The summed E-state index contributed by atoms with van der Waals surface area (Å²) in [5, 5.41) is 0. The molecular formula is C14H14O3. The van der Waals surface area contributed by atoms with E-state index in [1.54, 1.807) is 6.08 Å². The van der Waals surface area contributed by atoms with Crippen LogP contribution in [-0.2, 0) is 14.3 Å². The molecule has 0 radical (unpaired) electrons. The van der Waals surface area contributed by atoms with Gasteiger partial charge in [-0.2, -0.15) is 0 Å². The van der Waals surface area contributed by atoms with Crippen molar-refractivity contribution in [2.24, 2.45) is 0 Å². The molecule has 88 valence electrons. The number of carbonyl (C=O) groups is 2. The van der Waals surface area contributed by atoms with Crippen LogP contribution in [0.1, 0.15) is 12.0 Å². The topological polar surface area (TPSA) is 43.4 Å². The average molecular weight is 230 g/mol. The first-order valence-corrected chi connectivity index (χ1v) is 5.27. The Morgan fingerprint density at radius 1 is 1.24 bits per heavy atom. The van der Waals surface area contributed by atoms with Crippen molar-refractivity contribution >= 4 is 17.8 Å². The molecule has 0 fully saturated rings. The predicted molar refractivity (Wildman–Crippen MR) is 66.3 cm³/mol. The van der Waals surface area contributed by atoms with Crippen LogP contribution in [0.5, 0.6) is 0 Å². The largest absolute Gasteiger partial charge is 0.462 e. The quantitative estimate of drug-likeness (QED) is 0.556. The summed E-state index contributed by atoms with van der Waals surface area (Å²) in [6, 6.07) is 9.52. The summed E-state index contributed by atoms with van der Waals surface area (Å²) >= 11 is 0.